The van der Waals surface area contributed by atoms with E-state index in [9.17, 15) is 9.18 Å². The second-order valence-electron chi connectivity index (χ2n) is 4.31. The van der Waals surface area contributed by atoms with Crippen molar-refractivity contribution in [3.63, 3.8) is 0 Å². The van der Waals surface area contributed by atoms with Crippen LogP contribution in [-0.2, 0) is 9.47 Å². The van der Waals surface area contributed by atoms with Crippen molar-refractivity contribution in [3.8, 4) is 0 Å². The molecule has 0 atom stereocenters. The lowest BCUT2D eigenvalue weighted by atomic mass is 10.2. The zero-order valence-corrected chi connectivity index (χ0v) is 14.0. The Kier molecular flexibility index (Phi) is 8.49. The lowest BCUT2D eigenvalue weighted by Crippen LogP contribution is -2.37. The summed E-state index contributed by atoms with van der Waals surface area (Å²) in [6.45, 7) is 6.60. The molecule has 118 valence electrons. The van der Waals surface area contributed by atoms with E-state index in [1.807, 2.05) is 13.8 Å². The van der Waals surface area contributed by atoms with Gasteiger partial charge in [0.1, 0.15) is 5.82 Å². The molecule has 4 nitrogen and oxygen atoms in total. The molecule has 21 heavy (non-hydrogen) atoms. The lowest BCUT2D eigenvalue weighted by Gasteiger charge is -2.23. The monoisotopic (exact) mass is 361 g/mol. The molecular formula is C15H21BrFNO3. The summed E-state index contributed by atoms with van der Waals surface area (Å²) in [4.78, 5) is 14.0. The molecule has 0 spiro atoms. The van der Waals surface area contributed by atoms with E-state index in [1.165, 1.54) is 12.1 Å². The first-order valence-corrected chi connectivity index (χ1v) is 7.79. The summed E-state index contributed by atoms with van der Waals surface area (Å²) in [5.41, 5.74) is 0.0531. The van der Waals surface area contributed by atoms with Gasteiger partial charge in [0.05, 0.1) is 18.8 Å². The lowest BCUT2D eigenvalue weighted by molar-refractivity contribution is 0.0546. The Hall–Kier alpha value is -0.980. The van der Waals surface area contributed by atoms with Crippen LogP contribution in [0.15, 0.2) is 22.7 Å². The molecule has 0 aliphatic heterocycles. The molecule has 0 aliphatic rings. The van der Waals surface area contributed by atoms with Gasteiger partial charge in [0.25, 0.3) is 5.91 Å². The van der Waals surface area contributed by atoms with Crippen molar-refractivity contribution in [1.29, 1.82) is 0 Å². The molecule has 1 aromatic rings. The molecule has 1 aromatic carbocycles. The smallest absolute Gasteiger partial charge is 0.257 e. The summed E-state index contributed by atoms with van der Waals surface area (Å²) < 4.78 is 25.0. The average molecular weight is 362 g/mol. The molecule has 0 heterocycles. The molecule has 0 N–H and O–H groups in total. The van der Waals surface area contributed by atoms with Gasteiger partial charge in [-0.25, -0.2) is 4.39 Å². The van der Waals surface area contributed by atoms with Crippen LogP contribution >= 0.6 is 15.9 Å². The van der Waals surface area contributed by atoms with Gasteiger partial charge in [-0.2, -0.15) is 0 Å². The number of amides is 1. The predicted octanol–water partition coefficient (Wildman–Crippen LogP) is 3.10. The third kappa shape index (κ3) is 6.11. The Balaban J connectivity index is 2.79. The van der Waals surface area contributed by atoms with Crippen LogP contribution in [0.5, 0.6) is 0 Å². The molecule has 6 heteroatoms. The molecular weight excluding hydrogens is 341 g/mol. The highest BCUT2D eigenvalue weighted by Crippen LogP contribution is 2.17. The van der Waals surface area contributed by atoms with Crippen LogP contribution in [0.1, 0.15) is 24.2 Å². The minimum Gasteiger partial charge on any atom is -0.380 e. The van der Waals surface area contributed by atoms with E-state index < -0.39 is 5.82 Å². The van der Waals surface area contributed by atoms with Crippen LogP contribution in [0.3, 0.4) is 0 Å². The van der Waals surface area contributed by atoms with Gasteiger partial charge in [0.15, 0.2) is 0 Å². The fourth-order valence-corrected chi connectivity index (χ4v) is 2.15. The second-order valence-corrected chi connectivity index (χ2v) is 5.23. The first-order chi connectivity index (χ1) is 10.1. The molecule has 0 aromatic heterocycles. The first kappa shape index (κ1) is 18.1. The number of ether oxygens (including phenoxy) is 2. The van der Waals surface area contributed by atoms with Gasteiger partial charge in [-0.1, -0.05) is 15.9 Å². The second kappa shape index (κ2) is 9.87. The van der Waals surface area contributed by atoms with E-state index in [0.29, 0.717) is 44.0 Å². The number of carbonyl (C=O) groups excluding carboxylic acids is 1. The van der Waals surface area contributed by atoms with E-state index in [4.69, 9.17) is 9.47 Å². The fourth-order valence-electron chi connectivity index (χ4n) is 1.78. The first-order valence-electron chi connectivity index (χ1n) is 7.00. The number of nitrogens with zero attached hydrogens (tertiary/aromatic N) is 1. The predicted molar refractivity (Wildman–Crippen MR) is 83.0 cm³/mol. The maximum Gasteiger partial charge on any atom is 0.257 e. The minimum atomic E-state index is -0.527. The highest BCUT2D eigenvalue weighted by molar-refractivity contribution is 9.10. The highest BCUT2D eigenvalue weighted by atomic mass is 79.9. The van der Waals surface area contributed by atoms with Crippen molar-refractivity contribution in [2.24, 2.45) is 0 Å². The number of halogens is 2. The van der Waals surface area contributed by atoms with Gasteiger partial charge in [-0.3, -0.25) is 4.79 Å². The van der Waals surface area contributed by atoms with E-state index in [2.05, 4.69) is 15.9 Å². The van der Waals surface area contributed by atoms with Crippen molar-refractivity contribution < 1.29 is 18.7 Å². The third-order valence-corrected chi connectivity index (χ3v) is 3.36. The van der Waals surface area contributed by atoms with Gasteiger partial charge in [-0.05, 0) is 32.0 Å². The van der Waals surface area contributed by atoms with Gasteiger partial charge in [0.2, 0.25) is 0 Å². The maximum atomic E-state index is 13.8. The van der Waals surface area contributed by atoms with Gasteiger partial charge >= 0.3 is 0 Å². The summed E-state index contributed by atoms with van der Waals surface area (Å²) in [6, 6.07) is 4.34. The summed E-state index contributed by atoms with van der Waals surface area (Å²) in [5.74, 6) is -0.880. The quantitative estimate of drug-likeness (QED) is 0.634. The summed E-state index contributed by atoms with van der Waals surface area (Å²) in [6.07, 6.45) is 0. The highest BCUT2D eigenvalue weighted by Gasteiger charge is 2.19. The van der Waals surface area contributed by atoms with Gasteiger partial charge in [0, 0.05) is 30.8 Å². The molecule has 0 saturated carbocycles. The van der Waals surface area contributed by atoms with Crippen LogP contribution in [0, 0.1) is 5.82 Å². The Labute approximate surface area is 133 Å². The van der Waals surface area contributed by atoms with Gasteiger partial charge < -0.3 is 14.4 Å². The summed E-state index contributed by atoms with van der Waals surface area (Å²) in [7, 11) is 0. The Morgan fingerprint density at radius 3 is 2.29 bits per heavy atom. The normalized spacial score (nSPS) is 10.7. The van der Waals surface area contributed by atoms with E-state index in [0.717, 1.165) is 0 Å². The minimum absolute atomic E-state index is 0.0531. The van der Waals surface area contributed by atoms with Crippen LogP contribution in [0.2, 0.25) is 0 Å². The van der Waals surface area contributed by atoms with Crippen LogP contribution in [0.25, 0.3) is 0 Å². The zero-order valence-electron chi connectivity index (χ0n) is 12.4. The van der Waals surface area contributed by atoms with E-state index >= 15 is 0 Å². The number of rotatable bonds is 9. The van der Waals surface area contributed by atoms with Gasteiger partial charge in [-0.15, -0.1) is 0 Å². The van der Waals surface area contributed by atoms with Crippen molar-refractivity contribution in [2.45, 2.75) is 13.8 Å². The molecule has 0 radical (unpaired) electrons. The molecule has 0 saturated heterocycles. The number of hydrogen-bond donors (Lipinski definition) is 0. The van der Waals surface area contributed by atoms with E-state index in [1.54, 1.807) is 11.0 Å². The molecule has 1 rings (SSSR count). The standard InChI is InChI=1S/C15H21BrFNO3/c1-3-20-9-7-18(8-10-21-4-2)15(19)13-11-12(16)5-6-14(13)17/h5-6,11H,3-4,7-10H2,1-2H3. The number of hydrogen-bond acceptors (Lipinski definition) is 3. The largest absolute Gasteiger partial charge is 0.380 e. The zero-order chi connectivity index (χ0) is 15.7. The Morgan fingerprint density at radius 1 is 1.19 bits per heavy atom. The molecule has 0 bridgehead atoms. The maximum absolute atomic E-state index is 13.8. The molecule has 0 aliphatic carbocycles. The SMILES string of the molecule is CCOCCN(CCOCC)C(=O)c1cc(Br)ccc1F. The Morgan fingerprint density at radius 2 is 1.76 bits per heavy atom. The number of carbonyl (C=O) groups is 1. The van der Waals surface area contributed by atoms with Crippen molar-refractivity contribution in [3.05, 3.63) is 34.1 Å². The van der Waals surface area contributed by atoms with Crippen molar-refractivity contribution in [2.75, 3.05) is 39.5 Å². The number of benzene rings is 1. The van der Waals surface area contributed by atoms with Crippen molar-refractivity contribution >= 4 is 21.8 Å². The van der Waals surface area contributed by atoms with E-state index in [-0.39, 0.29) is 11.5 Å². The van der Waals surface area contributed by atoms with Crippen LogP contribution < -0.4 is 0 Å². The molecule has 0 fully saturated rings. The van der Waals surface area contributed by atoms with Crippen molar-refractivity contribution in [1.82, 2.24) is 4.90 Å². The molecule has 0 unspecified atom stereocenters. The molecule has 1 amide bonds. The topological polar surface area (TPSA) is 38.8 Å². The summed E-state index contributed by atoms with van der Waals surface area (Å²) >= 11 is 3.25. The van der Waals surface area contributed by atoms with Crippen LogP contribution in [-0.4, -0.2) is 50.3 Å². The summed E-state index contributed by atoms with van der Waals surface area (Å²) in [5, 5.41) is 0. The Bertz CT molecular complexity index is 447. The van der Waals surface area contributed by atoms with Crippen LogP contribution in [0.4, 0.5) is 4.39 Å². The fraction of sp³-hybridized carbons (Fsp3) is 0.533. The third-order valence-electron chi connectivity index (χ3n) is 2.87. The average Bonchev–Trinajstić information content (AvgIpc) is 2.48.